The normalized spacial score (nSPS) is 10.8. The van der Waals surface area contributed by atoms with E-state index in [2.05, 4.69) is 42.2 Å². The van der Waals surface area contributed by atoms with Crippen LogP contribution in [0.2, 0.25) is 0 Å². The van der Waals surface area contributed by atoms with Crippen molar-refractivity contribution in [3.05, 3.63) is 29.8 Å². The summed E-state index contributed by atoms with van der Waals surface area (Å²) < 4.78 is 5.24. The fourth-order valence-electron chi connectivity index (χ4n) is 1.91. The summed E-state index contributed by atoms with van der Waals surface area (Å²) in [6, 6.07) is 8.05. The predicted octanol–water partition coefficient (Wildman–Crippen LogP) is 3.51. The molecule has 1 N–H and O–H groups in total. The standard InChI is InChI=1S/C16H27N3O.HI/c1-5-7-11-19(3)16(17-6-2)18-13-14-9-8-10-15(12-14)20-4;/h8-10,12H,5-7,11,13H2,1-4H3,(H,17,18);1H. The van der Waals surface area contributed by atoms with Gasteiger partial charge in [-0.25, -0.2) is 4.99 Å². The van der Waals surface area contributed by atoms with Gasteiger partial charge in [0, 0.05) is 20.1 Å². The molecule has 120 valence electrons. The van der Waals surface area contributed by atoms with Gasteiger partial charge in [-0.15, -0.1) is 24.0 Å². The molecule has 0 atom stereocenters. The number of hydrogen-bond donors (Lipinski definition) is 1. The summed E-state index contributed by atoms with van der Waals surface area (Å²) in [4.78, 5) is 6.88. The Morgan fingerprint density at radius 1 is 1.33 bits per heavy atom. The van der Waals surface area contributed by atoms with Gasteiger partial charge < -0.3 is 15.0 Å². The first-order chi connectivity index (χ1) is 9.71. The second kappa shape index (κ2) is 11.7. The van der Waals surface area contributed by atoms with Gasteiger partial charge in [-0.05, 0) is 31.0 Å². The molecule has 0 aliphatic rings. The maximum Gasteiger partial charge on any atom is 0.193 e. The van der Waals surface area contributed by atoms with Crippen LogP contribution >= 0.6 is 24.0 Å². The van der Waals surface area contributed by atoms with Crippen LogP contribution in [0.15, 0.2) is 29.3 Å². The minimum absolute atomic E-state index is 0. The summed E-state index contributed by atoms with van der Waals surface area (Å²) in [5, 5.41) is 3.33. The molecule has 4 nitrogen and oxygen atoms in total. The fraction of sp³-hybridized carbons (Fsp3) is 0.562. The Morgan fingerprint density at radius 2 is 2.10 bits per heavy atom. The summed E-state index contributed by atoms with van der Waals surface area (Å²) in [5.74, 6) is 1.84. The number of guanidine groups is 1. The van der Waals surface area contributed by atoms with E-state index in [9.17, 15) is 0 Å². The molecule has 0 bridgehead atoms. The molecule has 0 spiro atoms. The Labute approximate surface area is 146 Å². The van der Waals surface area contributed by atoms with Gasteiger partial charge in [0.25, 0.3) is 0 Å². The molecule has 0 saturated heterocycles. The van der Waals surface area contributed by atoms with Crippen molar-refractivity contribution in [1.29, 1.82) is 0 Å². The SMILES string of the molecule is CCCCN(C)C(=NCc1cccc(OC)c1)NCC.I. The fourth-order valence-corrected chi connectivity index (χ4v) is 1.91. The number of nitrogens with zero attached hydrogens (tertiary/aromatic N) is 2. The van der Waals surface area contributed by atoms with Crippen LogP contribution in [-0.4, -0.2) is 38.1 Å². The van der Waals surface area contributed by atoms with E-state index in [1.807, 2.05) is 18.2 Å². The van der Waals surface area contributed by atoms with Gasteiger partial charge in [0.15, 0.2) is 5.96 Å². The quantitative estimate of drug-likeness (QED) is 0.429. The lowest BCUT2D eigenvalue weighted by atomic mass is 10.2. The molecule has 0 saturated carbocycles. The lowest BCUT2D eigenvalue weighted by Crippen LogP contribution is -2.39. The summed E-state index contributed by atoms with van der Waals surface area (Å²) in [5.41, 5.74) is 1.16. The molecule has 1 aromatic carbocycles. The summed E-state index contributed by atoms with van der Waals surface area (Å²) in [6.45, 7) is 6.87. The third kappa shape index (κ3) is 7.55. The van der Waals surface area contributed by atoms with E-state index in [4.69, 9.17) is 4.74 Å². The highest BCUT2D eigenvalue weighted by Gasteiger charge is 2.04. The lowest BCUT2D eigenvalue weighted by Gasteiger charge is -2.21. The van der Waals surface area contributed by atoms with Crippen molar-refractivity contribution in [2.45, 2.75) is 33.2 Å². The second-order valence-electron chi connectivity index (χ2n) is 4.80. The monoisotopic (exact) mass is 405 g/mol. The number of methoxy groups -OCH3 is 1. The number of ether oxygens (including phenoxy) is 1. The van der Waals surface area contributed by atoms with E-state index in [0.717, 1.165) is 30.4 Å². The average molecular weight is 405 g/mol. The Morgan fingerprint density at radius 3 is 2.71 bits per heavy atom. The highest BCUT2D eigenvalue weighted by molar-refractivity contribution is 14.0. The number of unbranched alkanes of at least 4 members (excludes halogenated alkanes) is 1. The maximum absolute atomic E-state index is 5.24. The number of halogens is 1. The molecule has 21 heavy (non-hydrogen) atoms. The smallest absolute Gasteiger partial charge is 0.193 e. The van der Waals surface area contributed by atoms with Crippen LogP contribution in [0.5, 0.6) is 5.75 Å². The van der Waals surface area contributed by atoms with Crippen molar-refractivity contribution in [2.24, 2.45) is 4.99 Å². The largest absolute Gasteiger partial charge is 0.497 e. The molecule has 5 heteroatoms. The van der Waals surface area contributed by atoms with Crippen LogP contribution in [-0.2, 0) is 6.54 Å². The Balaban J connectivity index is 0.00000400. The summed E-state index contributed by atoms with van der Waals surface area (Å²) >= 11 is 0. The van der Waals surface area contributed by atoms with Crippen LogP contribution in [0.1, 0.15) is 32.3 Å². The number of hydrogen-bond acceptors (Lipinski definition) is 2. The zero-order valence-electron chi connectivity index (χ0n) is 13.6. The minimum atomic E-state index is 0. The Hall–Kier alpha value is -0.980. The van der Waals surface area contributed by atoms with Crippen LogP contribution in [0, 0.1) is 0 Å². The molecule has 0 aliphatic heterocycles. The molecule has 1 rings (SSSR count). The van der Waals surface area contributed by atoms with Gasteiger partial charge in [0.2, 0.25) is 0 Å². The van der Waals surface area contributed by atoms with Gasteiger partial charge in [-0.1, -0.05) is 25.5 Å². The minimum Gasteiger partial charge on any atom is -0.497 e. The molecule has 0 unspecified atom stereocenters. The van der Waals surface area contributed by atoms with Crippen LogP contribution in [0.25, 0.3) is 0 Å². The van der Waals surface area contributed by atoms with Crippen LogP contribution in [0.4, 0.5) is 0 Å². The van der Waals surface area contributed by atoms with E-state index in [-0.39, 0.29) is 24.0 Å². The maximum atomic E-state index is 5.24. The van der Waals surface area contributed by atoms with Crippen LogP contribution < -0.4 is 10.1 Å². The Kier molecular flexibility index (Phi) is 11.1. The van der Waals surface area contributed by atoms with Crippen molar-refractivity contribution in [3.8, 4) is 5.75 Å². The molecule has 0 fully saturated rings. The first kappa shape index (κ1) is 20.0. The van der Waals surface area contributed by atoms with E-state index < -0.39 is 0 Å². The molecule has 0 aliphatic carbocycles. The zero-order chi connectivity index (χ0) is 14.8. The molecule has 0 heterocycles. The first-order valence-corrected chi connectivity index (χ1v) is 7.33. The van der Waals surface area contributed by atoms with Gasteiger partial charge in [-0.3, -0.25) is 0 Å². The second-order valence-corrected chi connectivity index (χ2v) is 4.80. The number of rotatable bonds is 7. The summed E-state index contributed by atoms with van der Waals surface area (Å²) in [7, 11) is 3.77. The topological polar surface area (TPSA) is 36.9 Å². The van der Waals surface area contributed by atoms with Crippen molar-refractivity contribution in [3.63, 3.8) is 0 Å². The van der Waals surface area contributed by atoms with Gasteiger partial charge in [-0.2, -0.15) is 0 Å². The highest BCUT2D eigenvalue weighted by atomic mass is 127. The number of benzene rings is 1. The zero-order valence-corrected chi connectivity index (χ0v) is 15.9. The molecule has 0 radical (unpaired) electrons. The average Bonchev–Trinajstić information content (AvgIpc) is 2.49. The Bertz CT molecular complexity index is 424. The third-order valence-electron chi connectivity index (χ3n) is 3.09. The van der Waals surface area contributed by atoms with Gasteiger partial charge >= 0.3 is 0 Å². The molecular formula is C16H28IN3O. The van der Waals surface area contributed by atoms with Crippen molar-refractivity contribution in [1.82, 2.24) is 10.2 Å². The lowest BCUT2D eigenvalue weighted by molar-refractivity contribution is 0.414. The number of nitrogens with one attached hydrogen (secondary N) is 1. The summed E-state index contributed by atoms with van der Waals surface area (Å²) in [6.07, 6.45) is 2.37. The highest BCUT2D eigenvalue weighted by Crippen LogP contribution is 2.13. The molecular weight excluding hydrogens is 377 g/mol. The van der Waals surface area contributed by atoms with Crippen molar-refractivity contribution < 1.29 is 4.74 Å². The molecule has 0 aromatic heterocycles. The molecule has 0 amide bonds. The number of aliphatic imine (C=N–C) groups is 1. The van der Waals surface area contributed by atoms with Crippen LogP contribution in [0.3, 0.4) is 0 Å². The van der Waals surface area contributed by atoms with Crippen molar-refractivity contribution >= 4 is 29.9 Å². The first-order valence-electron chi connectivity index (χ1n) is 7.33. The van der Waals surface area contributed by atoms with Gasteiger partial charge in [0.1, 0.15) is 5.75 Å². The van der Waals surface area contributed by atoms with E-state index in [1.54, 1.807) is 7.11 Å². The van der Waals surface area contributed by atoms with E-state index in [1.165, 1.54) is 12.8 Å². The van der Waals surface area contributed by atoms with E-state index >= 15 is 0 Å². The third-order valence-corrected chi connectivity index (χ3v) is 3.09. The molecule has 1 aromatic rings. The predicted molar refractivity (Wildman–Crippen MR) is 101 cm³/mol. The van der Waals surface area contributed by atoms with Crippen molar-refractivity contribution in [2.75, 3.05) is 27.2 Å². The van der Waals surface area contributed by atoms with Gasteiger partial charge in [0.05, 0.1) is 13.7 Å². The van der Waals surface area contributed by atoms with E-state index in [0.29, 0.717) is 6.54 Å².